The van der Waals surface area contributed by atoms with Crippen LogP contribution >= 0.6 is 11.8 Å². The smallest absolute Gasteiger partial charge is 0.408 e. The van der Waals surface area contributed by atoms with Gasteiger partial charge in [-0.25, -0.2) is 9.59 Å². The lowest BCUT2D eigenvalue weighted by molar-refractivity contribution is -0.145. The number of ether oxygens (including phenoxy) is 1. The maximum Gasteiger partial charge on any atom is 0.408 e. The molecule has 0 aromatic heterocycles. The highest BCUT2D eigenvalue weighted by Gasteiger charge is 2.48. The van der Waals surface area contributed by atoms with E-state index in [2.05, 4.69) is 5.32 Å². The molecule has 0 bridgehead atoms. The van der Waals surface area contributed by atoms with Crippen molar-refractivity contribution in [1.29, 1.82) is 0 Å². The number of amides is 1. The summed E-state index contributed by atoms with van der Waals surface area (Å²) in [5.41, 5.74) is -0.363. The van der Waals surface area contributed by atoms with Crippen molar-refractivity contribution >= 4 is 23.8 Å². The van der Waals surface area contributed by atoms with E-state index in [9.17, 15) is 14.7 Å². The minimum atomic E-state index is -1.23. The Balaban J connectivity index is 2.01. The summed E-state index contributed by atoms with van der Waals surface area (Å²) in [6, 6.07) is 9.31. The summed E-state index contributed by atoms with van der Waals surface area (Å²) in [5, 5.41) is 12.1. The van der Waals surface area contributed by atoms with Gasteiger partial charge in [-0.3, -0.25) is 0 Å². The second kappa shape index (κ2) is 7.54. The van der Waals surface area contributed by atoms with Gasteiger partial charge >= 0.3 is 12.1 Å². The van der Waals surface area contributed by atoms with Crippen molar-refractivity contribution in [1.82, 2.24) is 5.32 Å². The van der Waals surface area contributed by atoms with Gasteiger partial charge < -0.3 is 15.2 Å². The van der Waals surface area contributed by atoms with Crippen LogP contribution < -0.4 is 5.32 Å². The van der Waals surface area contributed by atoms with E-state index in [-0.39, 0.29) is 11.9 Å². The fourth-order valence-electron chi connectivity index (χ4n) is 2.84. The highest BCUT2D eigenvalue weighted by atomic mass is 32.2. The second-order valence-electron chi connectivity index (χ2n) is 5.43. The van der Waals surface area contributed by atoms with Crippen LogP contribution in [0.5, 0.6) is 0 Å². The molecule has 2 N–H and O–H groups in total. The quantitative estimate of drug-likeness (QED) is 0.871. The highest BCUT2D eigenvalue weighted by molar-refractivity contribution is 7.99. The minimum absolute atomic E-state index is 0.131. The Kier molecular flexibility index (Phi) is 5.71. The van der Waals surface area contributed by atoms with Gasteiger partial charge in [-0.05, 0) is 24.7 Å². The molecule has 5 nitrogen and oxygen atoms in total. The van der Waals surface area contributed by atoms with Crippen LogP contribution in [0.1, 0.15) is 31.2 Å². The first-order chi connectivity index (χ1) is 10.6. The Morgan fingerprint density at radius 2 is 2.09 bits per heavy atom. The zero-order chi connectivity index (χ0) is 16.0. The monoisotopic (exact) mass is 323 g/mol. The van der Waals surface area contributed by atoms with Crippen LogP contribution in [0.2, 0.25) is 0 Å². The van der Waals surface area contributed by atoms with E-state index in [1.807, 2.05) is 36.6 Å². The maximum atomic E-state index is 12.0. The third kappa shape index (κ3) is 3.74. The Morgan fingerprint density at radius 3 is 2.73 bits per heavy atom. The molecule has 1 aliphatic carbocycles. The van der Waals surface area contributed by atoms with Gasteiger partial charge in [-0.1, -0.05) is 43.2 Å². The molecule has 1 saturated carbocycles. The number of hydrogen-bond donors (Lipinski definition) is 2. The number of alkyl carbamates (subject to hydrolysis) is 1. The largest absolute Gasteiger partial charge is 0.479 e. The molecule has 0 saturated heterocycles. The Hall–Kier alpha value is -1.69. The number of hydrogen-bond acceptors (Lipinski definition) is 4. The molecule has 0 unspecified atom stereocenters. The first-order valence-corrected chi connectivity index (χ1v) is 8.62. The SMILES string of the molecule is CS[C@@H]1CCCC[C@@]1(NC(=O)OCc1ccccc1)C(=O)O. The van der Waals surface area contributed by atoms with E-state index < -0.39 is 17.6 Å². The third-order valence-electron chi connectivity index (χ3n) is 4.04. The number of carboxylic acids is 1. The number of carbonyl (C=O) groups is 2. The first kappa shape index (κ1) is 16.7. The molecule has 0 radical (unpaired) electrons. The minimum Gasteiger partial charge on any atom is -0.479 e. The van der Waals surface area contributed by atoms with Gasteiger partial charge in [-0.15, -0.1) is 0 Å². The van der Waals surface area contributed by atoms with E-state index >= 15 is 0 Å². The standard InChI is InChI=1S/C16H21NO4S/c1-22-13-9-5-6-10-16(13,14(18)19)17-15(20)21-11-12-7-3-2-4-8-12/h2-4,7-8,13H,5-6,9-11H2,1H3,(H,17,20)(H,18,19)/t13-,16+/m1/s1. The molecule has 1 aromatic carbocycles. The van der Waals surface area contributed by atoms with Crippen LogP contribution in [0.4, 0.5) is 4.79 Å². The summed E-state index contributed by atoms with van der Waals surface area (Å²) >= 11 is 1.49. The molecule has 120 valence electrons. The fourth-order valence-corrected chi connectivity index (χ4v) is 3.92. The zero-order valence-corrected chi connectivity index (χ0v) is 13.4. The van der Waals surface area contributed by atoms with Gasteiger partial charge in [0.25, 0.3) is 0 Å². The Bertz CT molecular complexity index is 522. The Morgan fingerprint density at radius 1 is 1.36 bits per heavy atom. The van der Waals surface area contributed by atoms with Crippen molar-refractivity contribution < 1.29 is 19.4 Å². The molecule has 2 rings (SSSR count). The lowest BCUT2D eigenvalue weighted by Gasteiger charge is -2.39. The van der Waals surface area contributed by atoms with Crippen molar-refractivity contribution in [3.63, 3.8) is 0 Å². The van der Waals surface area contributed by atoms with Crippen LogP contribution in [0.3, 0.4) is 0 Å². The second-order valence-corrected chi connectivity index (χ2v) is 6.47. The molecule has 22 heavy (non-hydrogen) atoms. The van der Waals surface area contributed by atoms with E-state index in [0.29, 0.717) is 6.42 Å². The van der Waals surface area contributed by atoms with Crippen LogP contribution in [-0.2, 0) is 16.1 Å². The van der Waals surface area contributed by atoms with Crippen molar-refractivity contribution in [2.24, 2.45) is 0 Å². The number of carboxylic acid groups (broad SMARTS) is 1. The van der Waals surface area contributed by atoms with Crippen molar-refractivity contribution in [2.45, 2.75) is 43.1 Å². The maximum absolute atomic E-state index is 12.0. The number of nitrogens with one attached hydrogen (secondary N) is 1. The summed E-state index contributed by atoms with van der Waals surface area (Å²) in [6.45, 7) is 0.131. The first-order valence-electron chi connectivity index (χ1n) is 7.33. The van der Waals surface area contributed by atoms with Gasteiger partial charge in [0.05, 0.1) is 0 Å². The van der Waals surface area contributed by atoms with Crippen LogP contribution in [0, 0.1) is 0 Å². The lowest BCUT2D eigenvalue weighted by Crippen LogP contribution is -2.62. The van der Waals surface area contributed by atoms with Crippen LogP contribution in [0.15, 0.2) is 30.3 Å². The molecule has 1 aliphatic rings. The van der Waals surface area contributed by atoms with Gasteiger partial charge in [0, 0.05) is 5.25 Å². The van der Waals surface area contributed by atoms with Crippen molar-refractivity contribution in [2.75, 3.05) is 6.26 Å². The molecule has 2 atom stereocenters. The van der Waals surface area contributed by atoms with E-state index in [1.54, 1.807) is 0 Å². The number of thioether (sulfide) groups is 1. The molecule has 0 spiro atoms. The average Bonchev–Trinajstić information content (AvgIpc) is 2.54. The summed E-state index contributed by atoms with van der Waals surface area (Å²) in [6.07, 6.45) is 4.21. The van der Waals surface area contributed by atoms with Crippen molar-refractivity contribution in [3.05, 3.63) is 35.9 Å². The predicted octanol–water partition coefficient (Wildman–Crippen LogP) is 3.04. The van der Waals surface area contributed by atoms with Gasteiger partial charge in [0.1, 0.15) is 6.61 Å². The summed E-state index contributed by atoms with van der Waals surface area (Å²) in [5.74, 6) is -0.983. The van der Waals surface area contributed by atoms with E-state index in [1.165, 1.54) is 11.8 Å². The third-order valence-corrected chi connectivity index (χ3v) is 5.25. The summed E-state index contributed by atoms with van der Waals surface area (Å²) in [4.78, 5) is 23.8. The Labute approximate surface area is 134 Å². The molecular formula is C16H21NO4S. The van der Waals surface area contributed by atoms with Gasteiger partial charge in [0.2, 0.25) is 0 Å². The number of carbonyl (C=O) groups excluding carboxylic acids is 1. The summed E-state index contributed by atoms with van der Waals surface area (Å²) in [7, 11) is 0. The molecule has 1 fully saturated rings. The van der Waals surface area contributed by atoms with Crippen LogP contribution in [-0.4, -0.2) is 34.2 Å². The fraction of sp³-hybridized carbons (Fsp3) is 0.500. The average molecular weight is 323 g/mol. The normalized spacial score (nSPS) is 24.5. The highest BCUT2D eigenvalue weighted by Crippen LogP contribution is 2.36. The molecule has 0 aliphatic heterocycles. The zero-order valence-electron chi connectivity index (χ0n) is 12.6. The number of benzene rings is 1. The predicted molar refractivity (Wildman–Crippen MR) is 85.9 cm³/mol. The molecule has 0 heterocycles. The number of aliphatic carboxylic acids is 1. The van der Waals surface area contributed by atoms with Crippen molar-refractivity contribution in [3.8, 4) is 0 Å². The topological polar surface area (TPSA) is 75.6 Å². The lowest BCUT2D eigenvalue weighted by atomic mass is 9.81. The van der Waals surface area contributed by atoms with E-state index in [4.69, 9.17) is 4.74 Å². The van der Waals surface area contributed by atoms with E-state index in [0.717, 1.165) is 24.8 Å². The van der Waals surface area contributed by atoms with Crippen LogP contribution in [0.25, 0.3) is 0 Å². The molecule has 1 aromatic rings. The number of rotatable bonds is 5. The summed E-state index contributed by atoms with van der Waals surface area (Å²) < 4.78 is 5.18. The molecular weight excluding hydrogens is 302 g/mol. The molecule has 1 amide bonds. The van der Waals surface area contributed by atoms with Gasteiger partial charge in [0.15, 0.2) is 5.54 Å². The van der Waals surface area contributed by atoms with Gasteiger partial charge in [-0.2, -0.15) is 11.8 Å². The molecule has 6 heteroatoms.